The fraction of sp³-hybridized carbons (Fsp3) is 0.500. The Labute approximate surface area is 126 Å². The number of nitrogens with zero attached hydrogens (tertiary/aromatic N) is 2. The van der Waals surface area contributed by atoms with Gasteiger partial charge in [0.2, 0.25) is 5.15 Å². The Bertz CT molecular complexity index is 499. The molecular weight excluding hydrogens is 302 g/mol. The molecule has 110 valence electrons. The van der Waals surface area contributed by atoms with Crippen molar-refractivity contribution in [1.29, 1.82) is 0 Å². The van der Waals surface area contributed by atoms with Crippen molar-refractivity contribution >= 4 is 35.0 Å². The van der Waals surface area contributed by atoms with Gasteiger partial charge < -0.3 is 5.32 Å². The first kappa shape index (κ1) is 16.7. The van der Waals surface area contributed by atoms with E-state index in [1.54, 1.807) is 11.8 Å². The molecule has 0 bridgehead atoms. The fourth-order valence-corrected chi connectivity index (χ4v) is 2.60. The second-order valence-electron chi connectivity index (χ2n) is 4.12. The quantitative estimate of drug-likeness (QED) is 0.362. The summed E-state index contributed by atoms with van der Waals surface area (Å²) in [5.74, 6) is 1.44. The summed E-state index contributed by atoms with van der Waals surface area (Å²) in [5.41, 5.74) is -0.521. The van der Waals surface area contributed by atoms with Crippen LogP contribution >= 0.6 is 23.4 Å². The van der Waals surface area contributed by atoms with E-state index in [0.717, 1.165) is 17.9 Å². The van der Waals surface area contributed by atoms with E-state index in [9.17, 15) is 14.9 Å². The minimum Gasteiger partial charge on any atom is -0.349 e. The molecule has 0 aliphatic rings. The highest BCUT2D eigenvalue weighted by Crippen LogP contribution is 2.25. The molecule has 1 heterocycles. The number of nitro groups is 1. The van der Waals surface area contributed by atoms with Crippen molar-refractivity contribution in [3.8, 4) is 0 Å². The number of halogens is 1. The van der Waals surface area contributed by atoms with Gasteiger partial charge in [-0.15, -0.1) is 0 Å². The number of pyridine rings is 1. The molecule has 20 heavy (non-hydrogen) atoms. The molecule has 0 spiro atoms. The molecule has 0 aliphatic carbocycles. The van der Waals surface area contributed by atoms with Crippen LogP contribution in [-0.2, 0) is 0 Å². The van der Waals surface area contributed by atoms with E-state index in [0.29, 0.717) is 0 Å². The van der Waals surface area contributed by atoms with Gasteiger partial charge in [0.1, 0.15) is 5.56 Å². The van der Waals surface area contributed by atoms with E-state index < -0.39 is 16.5 Å². The lowest BCUT2D eigenvalue weighted by molar-refractivity contribution is -0.385. The van der Waals surface area contributed by atoms with Crippen LogP contribution < -0.4 is 5.32 Å². The van der Waals surface area contributed by atoms with Gasteiger partial charge in [-0.25, -0.2) is 4.98 Å². The van der Waals surface area contributed by atoms with Gasteiger partial charge in [0.15, 0.2) is 0 Å². The number of thioether (sulfide) groups is 1. The second-order valence-corrected chi connectivity index (χ2v) is 5.87. The summed E-state index contributed by atoms with van der Waals surface area (Å²) in [6, 6.07) is 1.24. The van der Waals surface area contributed by atoms with Gasteiger partial charge in [-0.1, -0.05) is 18.5 Å². The molecular formula is C12H16ClN3O3S. The molecule has 1 aromatic heterocycles. The number of hydrogen-bond acceptors (Lipinski definition) is 5. The van der Waals surface area contributed by atoms with Crippen molar-refractivity contribution in [2.75, 3.05) is 11.5 Å². The molecule has 0 radical (unpaired) electrons. The summed E-state index contributed by atoms with van der Waals surface area (Å²) >= 11 is 7.45. The Morgan fingerprint density at radius 1 is 1.65 bits per heavy atom. The van der Waals surface area contributed by atoms with Gasteiger partial charge in [0.05, 0.1) is 4.92 Å². The molecule has 8 heteroatoms. The van der Waals surface area contributed by atoms with Gasteiger partial charge in [0.25, 0.3) is 5.91 Å². The normalized spacial score (nSPS) is 11.9. The molecule has 1 aromatic rings. The van der Waals surface area contributed by atoms with E-state index in [-0.39, 0.29) is 16.8 Å². The molecule has 1 N–H and O–H groups in total. The van der Waals surface area contributed by atoms with Gasteiger partial charge in [-0.2, -0.15) is 11.8 Å². The lowest BCUT2D eigenvalue weighted by Crippen LogP contribution is -2.33. The monoisotopic (exact) mass is 317 g/mol. The van der Waals surface area contributed by atoms with Crippen LogP contribution in [0.5, 0.6) is 0 Å². The highest BCUT2D eigenvalue weighted by atomic mass is 35.5. The number of rotatable bonds is 7. The summed E-state index contributed by atoms with van der Waals surface area (Å²) in [5, 5.41) is 13.4. The summed E-state index contributed by atoms with van der Waals surface area (Å²) in [6.07, 6.45) is 2.08. The van der Waals surface area contributed by atoms with Gasteiger partial charge in [-0.3, -0.25) is 14.9 Å². The molecule has 1 atom stereocenters. The van der Waals surface area contributed by atoms with E-state index in [4.69, 9.17) is 11.6 Å². The Hall–Kier alpha value is -1.34. The zero-order valence-electron chi connectivity index (χ0n) is 11.3. The van der Waals surface area contributed by atoms with E-state index in [1.165, 1.54) is 12.3 Å². The summed E-state index contributed by atoms with van der Waals surface area (Å²) < 4.78 is 0. The Morgan fingerprint density at radius 2 is 2.35 bits per heavy atom. The van der Waals surface area contributed by atoms with Gasteiger partial charge in [-0.05, 0) is 30.9 Å². The summed E-state index contributed by atoms with van der Waals surface area (Å²) in [7, 11) is 0. The van der Waals surface area contributed by atoms with Crippen LogP contribution in [0.25, 0.3) is 0 Å². The number of carbonyl (C=O) groups is 1. The van der Waals surface area contributed by atoms with Crippen molar-refractivity contribution in [2.24, 2.45) is 0 Å². The maximum absolute atomic E-state index is 12.1. The molecule has 0 aromatic carbocycles. The highest BCUT2D eigenvalue weighted by Gasteiger charge is 2.25. The molecule has 0 fully saturated rings. The summed E-state index contributed by atoms with van der Waals surface area (Å²) in [4.78, 5) is 25.9. The van der Waals surface area contributed by atoms with Crippen molar-refractivity contribution < 1.29 is 9.72 Å². The SMILES string of the molecule is CCSCCC(C)NC(=O)c1ccnc(Cl)c1[N+](=O)[O-]. The maximum atomic E-state index is 12.1. The number of nitrogens with one attached hydrogen (secondary N) is 1. The average molecular weight is 318 g/mol. The first-order chi connectivity index (χ1) is 9.47. The molecule has 1 rings (SSSR count). The third kappa shape index (κ3) is 4.64. The number of hydrogen-bond donors (Lipinski definition) is 1. The van der Waals surface area contributed by atoms with Crippen molar-refractivity contribution in [1.82, 2.24) is 10.3 Å². The lowest BCUT2D eigenvalue weighted by atomic mass is 10.2. The Morgan fingerprint density at radius 3 is 2.95 bits per heavy atom. The third-order valence-electron chi connectivity index (χ3n) is 2.58. The van der Waals surface area contributed by atoms with Gasteiger partial charge in [0, 0.05) is 12.2 Å². The first-order valence-corrected chi connectivity index (χ1v) is 7.68. The molecule has 0 saturated heterocycles. The standard InChI is InChI=1S/C12H16ClN3O3S/c1-3-20-7-5-8(2)15-12(17)9-4-6-14-11(13)10(9)16(18)19/h4,6,8H,3,5,7H2,1-2H3,(H,15,17). The van der Waals surface area contributed by atoms with E-state index in [1.807, 2.05) is 6.92 Å². The minimum absolute atomic E-state index is 0.0619. The number of carbonyl (C=O) groups excluding carboxylic acids is 1. The largest absolute Gasteiger partial charge is 0.349 e. The maximum Gasteiger partial charge on any atom is 0.319 e. The van der Waals surface area contributed by atoms with Crippen molar-refractivity contribution in [3.05, 3.63) is 33.1 Å². The van der Waals surface area contributed by atoms with Gasteiger partial charge >= 0.3 is 5.69 Å². The molecule has 1 amide bonds. The number of amides is 1. The average Bonchev–Trinajstić information content (AvgIpc) is 2.38. The topological polar surface area (TPSA) is 85.1 Å². The summed E-state index contributed by atoms with van der Waals surface area (Å²) in [6.45, 7) is 3.93. The zero-order valence-corrected chi connectivity index (χ0v) is 12.8. The third-order valence-corrected chi connectivity index (χ3v) is 3.79. The zero-order chi connectivity index (χ0) is 15.1. The highest BCUT2D eigenvalue weighted by molar-refractivity contribution is 7.99. The van der Waals surface area contributed by atoms with Crippen LogP contribution in [0.4, 0.5) is 5.69 Å². The smallest absolute Gasteiger partial charge is 0.319 e. The second kappa shape index (κ2) is 8.06. The number of aromatic nitrogens is 1. The fourth-order valence-electron chi connectivity index (χ4n) is 1.56. The molecule has 0 aliphatic heterocycles. The van der Waals surface area contributed by atoms with Crippen LogP contribution in [0, 0.1) is 10.1 Å². The van der Waals surface area contributed by atoms with Crippen molar-refractivity contribution in [3.63, 3.8) is 0 Å². The van der Waals surface area contributed by atoms with Crippen LogP contribution in [0.15, 0.2) is 12.3 Å². The Kier molecular flexibility index (Phi) is 6.74. The molecule has 1 unspecified atom stereocenters. The first-order valence-electron chi connectivity index (χ1n) is 6.14. The van der Waals surface area contributed by atoms with E-state index in [2.05, 4.69) is 17.2 Å². The van der Waals surface area contributed by atoms with E-state index >= 15 is 0 Å². The predicted octanol–water partition coefficient (Wildman–Crippen LogP) is 2.90. The minimum atomic E-state index is -0.693. The van der Waals surface area contributed by atoms with Crippen LogP contribution in [0.1, 0.15) is 30.6 Å². The van der Waals surface area contributed by atoms with Crippen LogP contribution in [-0.4, -0.2) is 33.4 Å². The Balaban J connectivity index is 2.77. The van der Waals surface area contributed by atoms with Crippen molar-refractivity contribution in [2.45, 2.75) is 26.3 Å². The van der Waals surface area contributed by atoms with Crippen LogP contribution in [0.3, 0.4) is 0 Å². The lowest BCUT2D eigenvalue weighted by Gasteiger charge is -2.13. The predicted molar refractivity (Wildman–Crippen MR) is 80.4 cm³/mol. The molecule has 6 nitrogen and oxygen atoms in total. The molecule has 0 saturated carbocycles. The van der Waals surface area contributed by atoms with Crippen LogP contribution in [0.2, 0.25) is 5.15 Å².